The van der Waals surface area contributed by atoms with Gasteiger partial charge in [-0.25, -0.2) is 14.4 Å². The highest BCUT2D eigenvalue weighted by molar-refractivity contribution is 5.91. The summed E-state index contributed by atoms with van der Waals surface area (Å²) in [6.45, 7) is 1.26. The Kier molecular flexibility index (Phi) is 9.22. The highest BCUT2D eigenvalue weighted by Crippen LogP contribution is 2.23. The second-order valence-corrected chi connectivity index (χ2v) is 8.17. The monoisotopic (exact) mass is 512 g/mol. The summed E-state index contributed by atoms with van der Waals surface area (Å²) in [6, 6.07) is 12.3. The van der Waals surface area contributed by atoms with E-state index in [1.807, 2.05) is 6.07 Å². The molecule has 0 aliphatic rings. The first-order valence-corrected chi connectivity index (χ1v) is 11.4. The van der Waals surface area contributed by atoms with Gasteiger partial charge in [-0.2, -0.15) is 0 Å². The van der Waals surface area contributed by atoms with E-state index in [9.17, 15) is 24.3 Å². The number of hydrogen-bond donors (Lipinski definition) is 3. The van der Waals surface area contributed by atoms with Gasteiger partial charge in [0.15, 0.2) is 0 Å². The zero-order valence-electron chi connectivity index (χ0n) is 20.6. The molecule has 0 unspecified atom stereocenters. The van der Waals surface area contributed by atoms with Crippen LogP contribution in [0, 0.1) is 0 Å². The lowest BCUT2D eigenvalue weighted by atomic mass is 10.0. The van der Waals surface area contributed by atoms with E-state index in [0.29, 0.717) is 16.7 Å². The summed E-state index contributed by atoms with van der Waals surface area (Å²) in [5, 5.41) is 15.4. The van der Waals surface area contributed by atoms with Gasteiger partial charge in [0, 0.05) is 23.9 Å². The Balaban J connectivity index is 1.76. The number of hydrogen-bond acceptors (Lipinski definition) is 9. The summed E-state index contributed by atoms with van der Waals surface area (Å²) >= 11 is 0. The number of rotatable bonds is 10. The van der Waals surface area contributed by atoms with E-state index in [0.717, 1.165) is 12.7 Å². The van der Waals surface area contributed by atoms with Crippen LogP contribution in [0.2, 0.25) is 0 Å². The number of carbonyl (C=O) groups is 3. The minimum absolute atomic E-state index is 0.0416. The molecule has 0 fully saturated rings. The van der Waals surface area contributed by atoms with Crippen LogP contribution in [-0.2, 0) is 32.1 Å². The Morgan fingerprint density at radius 3 is 2.41 bits per heavy atom. The molecule has 37 heavy (non-hydrogen) atoms. The van der Waals surface area contributed by atoms with Crippen molar-refractivity contribution in [1.29, 1.82) is 0 Å². The molecule has 196 valence electrons. The molecule has 3 atom stereocenters. The van der Waals surface area contributed by atoms with Crippen LogP contribution in [0.5, 0.6) is 5.75 Å². The lowest BCUT2D eigenvalue weighted by Gasteiger charge is -2.24. The minimum atomic E-state index is -1.43. The van der Waals surface area contributed by atoms with Crippen molar-refractivity contribution >= 4 is 28.9 Å². The van der Waals surface area contributed by atoms with Crippen molar-refractivity contribution in [2.75, 3.05) is 14.2 Å². The Morgan fingerprint density at radius 1 is 1.03 bits per heavy atom. The van der Waals surface area contributed by atoms with Crippen LogP contribution in [0.4, 0.5) is 4.79 Å². The number of fused-ring (bicyclic) bond motifs is 1. The van der Waals surface area contributed by atoms with E-state index < -0.39 is 41.8 Å². The molecule has 0 saturated carbocycles. The van der Waals surface area contributed by atoms with Gasteiger partial charge in [0.25, 0.3) is 0 Å². The quantitative estimate of drug-likeness (QED) is 0.272. The molecule has 3 N–H and O–H groups in total. The van der Waals surface area contributed by atoms with Gasteiger partial charge in [-0.05, 0) is 30.2 Å². The standard InChI is InChI=1S/C26H28N2O9/c1-15(29)23(28-26(33)36-14-16-7-5-4-6-8-16)24(31)27-20(25(32)35-3)11-17-12-22(30)37-21-13-18(34-2)9-10-19(17)21/h4-10,12-13,15,20,23,29H,11,14H2,1-3H3,(H,27,31)(H,28,33)/t15-,20-,23+/m1/s1. The Hall–Kier alpha value is -4.38. The van der Waals surface area contributed by atoms with Gasteiger partial charge in [0.2, 0.25) is 5.91 Å². The SMILES string of the molecule is COC(=O)[C@@H](Cc1cc(=O)oc2cc(OC)ccc12)NC(=O)[C@@H](NC(=O)OCc1ccccc1)[C@@H](C)O. The topological polar surface area (TPSA) is 153 Å². The third kappa shape index (κ3) is 7.31. The van der Waals surface area contributed by atoms with Gasteiger partial charge >= 0.3 is 17.7 Å². The number of nitrogens with one attached hydrogen (secondary N) is 2. The number of ether oxygens (including phenoxy) is 3. The summed E-state index contributed by atoms with van der Waals surface area (Å²) < 4.78 is 20.3. The summed E-state index contributed by atoms with van der Waals surface area (Å²) in [5.41, 5.74) is 0.726. The van der Waals surface area contributed by atoms with E-state index in [-0.39, 0.29) is 18.6 Å². The largest absolute Gasteiger partial charge is 0.497 e. The number of amides is 2. The van der Waals surface area contributed by atoms with Gasteiger partial charge in [0.05, 0.1) is 20.3 Å². The van der Waals surface area contributed by atoms with E-state index in [2.05, 4.69) is 10.6 Å². The molecule has 0 bridgehead atoms. The molecule has 2 amide bonds. The van der Waals surface area contributed by atoms with Gasteiger partial charge < -0.3 is 34.4 Å². The molecule has 0 radical (unpaired) electrons. The lowest BCUT2D eigenvalue weighted by molar-refractivity contribution is -0.145. The Morgan fingerprint density at radius 2 is 1.76 bits per heavy atom. The van der Waals surface area contributed by atoms with Crippen LogP contribution in [0.15, 0.2) is 63.8 Å². The fraction of sp³-hybridized carbons (Fsp3) is 0.308. The average Bonchev–Trinajstić information content (AvgIpc) is 2.89. The van der Waals surface area contributed by atoms with E-state index in [4.69, 9.17) is 18.6 Å². The zero-order chi connectivity index (χ0) is 26.9. The van der Waals surface area contributed by atoms with Crippen LogP contribution in [-0.4, -0.2) is 55.5 Å². The smallest absolute Gasteiger partial charge is 0.408 e. The van der Waals surface area contributed by atoms with E-state index >= 15 is 0 Å². The van der Waals surface area contributed by atoms with Crippen LogP contribution in [0.25, 0.3) is 11.0 Å². The number of aliphatic hydroxyl groups is 1. The number of methoxy groups -OCH3 is 2. The predicted octanol–water partition coefficient (Wildman–Crippen LogP) is 1.68. The molecule has 0 aliphatic carbocycles. The molecule has 0 aliphatic heterocycles. The van der Waals surface area contributed by atoms with Crippen molar-refractivity contribution in [3.63, 3.8) is 0 Å². The Bertz CT molecular complexity index is 1300. The number of esters is 1. The van der Waals surface area contributed by atoms with Crippen LogP contribution >= 0.6 is 0 Å². The second-order valence-electron chi connectivity index (χ2n) is 8.17. The number of alkyl carbamates (subject to hydrolysis) is 1. The maximum atomic E-state index is 13.0. The van der Waals surface area contributed by atoms with Crippen molar-refractivity contribution in [3.05, 3.63) is 76.1 Å². The van der Waals surface area contributed by atoms with Crippen molar-refractivity contribution in [2.45, 2.75) is 38.1 Å². The van der Waals surface area contributed by atoms with Crippen LogP contribution in [0.3, 0.4) is 0 Å². The maximum Gasteiger partial charge on any atom is 0.408 e. The van der Waals surface area contributed by atoms with Gasteiger partial charge in [0.1, 0.15) is 30.0 Å². The summed E-state index contributed by atoms with van der Waals surface area (Å²) in [7, 11) is 2.62. The Labute approximate surface area is 212 Å². The van der Waals surface area contributed by atoms with E-state index in [1.165, 1.54) is 26.2 Å². The number of carbonyl (C=O) groups excluding carboxylic acids is 3. The zero-order valence-corrected chi connectivity index (χ0v) is 20.6. The molecule has 1 aromatic heterocycles. The maximum absolute atomic E-state index is 13.0. The predicted molar refractivity (Wildman–Crippen MR) is 132 cm³/mol. The third-order valence-corrected chi connectivity index (χ3v) is 5.51. The molecule has 11 nitrogen and oxygen atoms in total. The summed E-state index contributed by atoms with van der Waals surface area (Å²) in [6.07, 6.45) is -2.38. The van der Waals surface area contributed by atoms with Crippen molar-refractivity contribution in [2.24, 2.45) is 0 Å². The third-order valence-electron chi connectivity index (χ3n) is 5.51. The molecule has 0 saturated heterocycles. The van der Waals surface area contributed by atoms with Gasteiger partial charge in [-0.15, -0.1) is 0 Å². The first-order valence-electron chi connectivity index (χ1n) is 11.4. The fourth-order valence-electron chi connectivity index (χ4n) is 3.62. The van der Waals surface area contributed by atoms with Crippen molar-refractivity contribution < 1.29 is 38.1 Å². The van der Waals surface area contributed by atoms with Crippen LogP contribution < -0.4 is 21.0 Å². The van der Waals surface area contributed by atoms with Crippen molar-refractivity contribution in [3.8, 4) is 5.75 Å². The van der Waals surface area contributed by atoms with E-state index in [1.54, 1.807) is 36.4 Å². The lowest BCUT2D eigenvalue weighted by Crippen LogP contribution is -2.56. The average molecular weight is 513 g/mol. The first-order chi connectivity index (χ1) is 17.7. The number of benzene rings is 2. The minimum Gasteiger partial charge on any atom is -0.497 e. The highest BCUT2D eigenvalue weighted by Gasteiger charge is 2.31. The fourth-order valence-corrected chi connectivity index (χ4v) is 3.62. The molecule has 2 aromatic carbocycles. The van der Waals surface area contributed by atoms with Gasteiger partial charge in [-0.1, -0.05) is 30.3 Å². The van der Waals surface area contributed by atoms with Crippen LogP contribution in [0.1, 0.15) is 18.1 Å². The van der Waals surface area contributed by atoms with Crippen molar-refractivity contribution in [1.82, 2.24) is 10.6 Å². The van der Waals surface area contributed by atoms with Gasteiger partial charge in [-0.3, -0.25) is 4.79 Å². The normalized spacial score (nSPS) is 13.2. The second kappa shape index (κ2) is 12.5. The first kappa shape index (κ1) is 27.2. The molecular weight excluding hydrogens is 484 g/mol. The molecule has 3 aromatic rings. The highest BCUT2D eigenvalue weighted by atomic mass is 16.5. The molecule has 1 heterocycles. The number of aliphatic hydroxyl groups excluding tert-OH is 1. The molecule has 0 spiro atoms. The summed E-state index contributed by atoms with van der Waals surface area (Å²) in [4.78, 5) is 49.9. The molecule has 3 rings (SSSR count). The molecule has 11 heteroatoms. The summed E-state index contributed by atoms with van der Waals surface area (Å²) in [5.74, 6) is -1.18. The molecular formula is C26H28N2O9.